The largest absolute Gasteiger partial charge is 0.350 e. The van der Waals surface area contributed by atoms with Crippen molar-refractivity contribution in [2.24, 2.45) is 5.92 Å². The van der Waals surface area contributed by atoms with Gasteiger partial charge in [-0.05, 0) is 18.6 Å². The van der Waals surface area contributed by atoms with Crippen LogP contribution >= 0.6 is 0 Å². The number of rotatable bonds is 3. The second-order valence-electron chi connectivity index (χ2n) is 5.63. The number of nitrogens with zero attached hydrogens (tertiary/aromatic N) is 1. The molecule has 2 saturated heterocycles. The molecule has 3 atom stereocenters. The molecular formula is C18H17NO3. The van der Waals surface area contributed by atoms with Crippen molar-refractivity contribution < 1.29 is 14.4 Å². The highest BCUT2D eigenvalue weighted by Crippen LogP contribution is 2.39. The van der Waals surface area contributed by atoms with E-state index in [1.807, 2.05) is 60.7 Å². The van der Waals surface area contributed by atoms with E-state index in [2.05, 4.69) is 0 Å². The molecule has 0 N–H and O–H groups in total. The van der Waals surface area contributed by atoms with Crippen LogP contribution in [0.1, 0.15) is 16.8 Å². The Hall–Kier alpha value is -2.17. The normalized spacial score (nSPS) is 26.9. The first-order valence-electron chi connectivity index (χ1n) is 7.56. The summed E-state index contributed by atoms with van der Waals surface area (Å²) < 4.78 is 5.63. The van der Waals surface area contributed by atoms with Crippen molar-refractivity contribution in [1.29, 1.82) is 0 Å². The Balaban J connectivity index is 1.71. The monoisotopic (exact) mass is 295 g/mol. The van der Waals surface area contributed by atoms with Crippen molar-refractivity contribution in [3.63, 3.8) is 0 Å². The number of carbonyl (C=O) groups is 1. The van der Waals surface area contributed by atoms with Crippen LogP contribution in [0.3, 0.4) is 0 Å². The summed E-state index contributed by atoms with van der Waals surface area (Å²) >= 11 is 0. The molecule has 2 aliphatic heterocycles. The Morgan fingerprint density at radius 2 is 1.68 bits per heavy atom. The molecule has 4 heteroatoms. The minimum absolute atomic E-state index is 0.0768. The minimum atomic E-state index is -0.336. The van der Waals surface area contributed by atoms with Crippen molar-refractivity contribution >= 4 is 11.5 Å². The Kier molecular flexibility index (Phi) is 3.41. The number of ether oxygens (including phenoxy) is 1. The number of hydrogen-bond donors (Lipinski definition) is 0. The summed E-state index contributed by atoms with van der Waals surface area (Å²) in [6, 6.07) is 18.8. The second-order valence-corrected chi connectivity index (χ2v) is 5.63. The van der Waals surface area contributed by atoms with Crippen LogP contribution in [0.4, 0.5) is 5.69 Å². The quantitative estimate of drug-likeness (QED) is 0.816. The standard InChI is InChI=1S/C18H17NO3/c20-17(13-7-3-1-4-8-13)16-15-11-12-21-18(15)22-19(16)14-9-5-2-6-10-14/h1-10,15-16,18H,11-12H2/t15-,16+,18+/m0/s1. The van der Waals surface area contributed by atoms with Crippen molar-refractivity contribution in [1.82, 2.24) is 0 Å². The van der Waals surface area contributed by atoms with Gasteiger partial charge in [-0.1, -0.05) is 48.5 Å². The van der Waals surface area contributed by atoms with Gasteiger partial charge in [0.2, 0.25) is 0 Å². The SMILES string of the molecule is O=C(c1ccccc1)[C@H]1[C@@H]2CCO[C@@H]2ON1c1ccccc1. The van der Waals surface area contributed by atoms with Crippen LogP contribution in [0.2, 0.25) is 0 Å². The van der Waals surface area contributed by atoms with Gasteiger partial charge >= 0.3 is 0 Å². The molecule has 2 heterocycles. The van der Waals surface area contributed by atoms with E-state index < -0.39 is 0 Å². The molecule has 0 aliphatic carbocycles. The van der Waals surface area contributed by atoms with Crippen LogP contribution < -0.4 is 5.06 Å². The highest BCUT2D eigenvalue weighted by molar-refractivity contribution is 6.02. The van der Waals surface area contributed by atoms with Crippen molar-refractivity contribution in [2.75, 3.05) is 11.7 Å². The number of hydroxylamine groups is 1. The van der Waals surface area contributed by atoms with Gasteiger partial charge in [0.1, 0.15) is 6.04 Å². The van der Waals surface area contributed by atoms with Gasteiger partial charge in [-0.2, -0.15) is 0 Å². The Labute approximate surface area is 129 Å². The van der Waals surface area contributed by atoms with Crippen LogP contribution in [-0.4, -0.2) is 24.7 Å². The zero-order chi connectivity index (χ0) is 14.9. The summed E-state index contributed by atoms with van der Waals surface area (Å²) in [4.78, 5) is 18.9. The summed E-state index contributed by atoms with van der Waals surface area (Å²) in [6.07, 6.45) is 0.523. The first-order valence-corrected chi connectivity index (χ1v) is 7.56. The zero-order valence-corrected chi connectivity index (χ0v) is 12.1. The number of para-hydroxylation sites is 1. The molecule has 0 unspecified atom stereocenters. The summed E-state index contributed by atoms with van der Waals surface area (Å²) in [5.41, 5.74) is 1.60. The third-order valence-corrected chi connectivity index (χ3v) is 4.30. The van der Waals surface area contributed by atoms with Gasteiger partial charge in [-0.25, -0.2) is 9.90 Å². The Morgan fingerprint density at radius 3 is 2.41 bits per heavy atom. The molecule has 2 aromatic rings. The Bertz CT molecular complexity index is 659. The Morgan fingerprint density at radius 1 is 1.00 bits per heavy atom. The van der Waals surface area contributed by atoms with E-state index >= 15 is 0 Å². The average molecular weight is 295 g/mol. The lowest BCUT2D eigenvalue weighted by molar-refractivity contribution is -0.0999. The van der Waals surface area contributed by atoms with E-state index in [4.69, 9.17) is 9.57 Å². The lowest BCUT2D eigenvalue weighted by Gasteiger charge is -2.25. The number of Topliss-reactive ketones (excluding diaryl/α,β-unsaturated/α-hetero) is 1. The molecule has 112 valence electrons. The maximum absolute atomic E-state index is 13.0. The minimum Gasteiger partial charge on any atom is -0.350 e. The van der Waals surface area contributed by atoms with Crippen molar-refractivity contribution in [2.45, 2.75) is 18.8 Å². The number of anilines is 1. The maximum atomic E-state index is 13.0. The van der Waals surface area contributed by atoms with E-state index in [0.717, 1.165) is 12.1 Å². The fraction of sp³-hybridized carbons (Fsp3) is 0.278. The number of benzene rings is 2. The van der Waals surface area contributed by atoms with Gasteiger partial charge in [0.15, 0.2) is 12.1 Å². The molecule has 4 rings (SSSR count). The predicted molar refractivity (Wildman–Crippen MR) is 82.4 cm³/mol. The molecule has 2 aromatic carbocycles. The molecule has 22 heavy (non-hydrogen) atoms. The van der Waals surface area contributed by atoms with Gasteiger partial charge in [-0.3, -0.25) is 4.79 Å². The molecule has 0 saturated carbocycles. The number of hydrogen-bond acceptors (Lipinski definition) is 4. The molecule has 0 amide bonds. The fourth-order valence-electron chi connectivity index (χ4n) is 3.22. The number of ketones is 1. The van der Waals surface area contributed by atoms with Crippen LogP contribution in [0.25, 0.3) is 0 Å². The molecule has 2 aliphatic rings. The lowest BCUT2D eigenvalue weighted by atomic mass is 9.91. The molecule has 0 spiro atoms. The van der Waals surface area contributed by atoms with E-state index in [9.17, 15) is 4.79 Å². The topological polar surface area (TPSA) is 38.8 Å². The van der Waals surface area contributed by atoms with Gasteiger partial charge in [-0.15, -0.1) is 0 Å². The van der Waals surface area contributed by atoms with E-state index in [1.54, 1.807) is 5.06 Å². The fourth-order valence-corrected chi connectivity index (χ4v) is 3.22. The zero-order valence-electron chi connectivity index (χ0n) is 12.1. The first-order chi connectivity index (χ1) is 10.8. The number of carbonyl (C=O) groups excluding carboxylic acids is 1. The molecular weight excluding hydrogens is 278 g/mol. The predicted octanol–water partition coefficient (Wildman–Crippen LogP) is 3.05. The van der Waals surface area contributed by atoms with Gasteiger partial charge in [0.25, 0.3) is 0 Å². The third kappa shape index (κ3) is 2.21. The van der Waals surface area contributed by atoms with Crippen LogP contribution in [-0.2, 0) is 9.57 Å². The van der Waals surface area contributed by atoms with Gasteiger partial charge in [0, 0.05) is 11.5 Å². The molecule has 0 bridgehead atoms. The smallest absolute Gasteiger partial charge is 0.189 e. The molecule has 4 nitrogen and oxygen atoms in total. The van der Waals surface area contributed by atoms with Crippen molar-refractivity contribution in [3.05, 3.63) is 66.2 Å². The van der Waals surface area contributed by atoms with Gasteiger partial charge < -0.3 is 4.74 Å². The molecule has 2 fully saturated rings. The van der Waals surface area contributed by atoms with Crippen LogP contribution in [0.15, 0.2) is 60.7 Å². The summed E-state index contributed by atoms with van der Waals surface area (Å²) in [5, 5.41) is 1.73. The van der Waals surface area contributed by atoms with Crippen LogP contribution in [0, 0.1) is 5.92 Å². The van der Waals surface area contributed by atoms with Crippen molar-refractivity contribution in [3.8, 4) is 0 Å². The summed E-state index contributed by atoms with van der Waals surface area (Å²) in [5.74, 6) is 0.162. The van der Waals surface area contributed by atoms with Gasteiger partial charge in [0.05, 0.1) is 12.3 Å². The maximum Gasteiger partial charge on any atom is 0.189 e. The van der Waals surface area contributed by atoms with E-state index in [-0.39, 0.29) is 24.0 Å². The lowest BCUT2D eigenvalue weighted by Crippen LogP contribution is -2.39. The van der Waals surface area contributed by atoms with E-state index in [1.165, 1.54) is 0 Å². The molecule has 0 aromatic heterocycles. The average Bonchev–Trinajstić information content (AvgIpc) is 3.16. The summed E-state index contributed by atoms with van der Waals surface area (Å²) in [7, 11) is 0. The second kappa shape index (κ2) is 5.55. The highest BCUT2D eigenvalue weighted by Gasteiger charge is 2.50. The van der Waals surface area contributed by atoms with Crippen LogP contribution in [0.5, 0.6) is 0 Å². The molecule has 0 radical (unpaired) electrons. The number of fused-ring (bicyclic) bond motifs is 1. The summed E-state index contributed by atoms with van der Waals surface area (Å²) in [6.45, 7) is 0.649. The van der Waals surface area contributed by atoms with E-state index in [0.29, 0.717) is 12.2 Å². The highest BCUT2D eigenvalue weighted by atomic mass is 16.8. The first kappa shape index (κ1) is 13.5. The third-order valence-electron chi connectivity index (χ3n) is 4.30.